The molecule has 0 aliphatic carbocycles. The number of amides is 1. The Hall–Kier alpha value is -0.750. The van der Waals surface area contributed by atoms with Gasteiger partial charge in [-0.05, 0) is 32.2 Å². The third kappa shape index (κ3) is 4.38. The molecule has 2 heterocycles. The molecule has 0 saturated carbocycles. The summed E-state index contributed by atoms with van der Waals surface area (Å²) in [6.45, 7) is 3.14. The average Bonchev–Trinajstić information content (AvgIpc) is 2.44. The topological polar surface area (TPSA) is 41.6 Å². The Bertz CT molecular complexity index is 315. The van der Waals surface area contributed by atoms with Crippen molar-refractivity contribution in [3.8, 4) is 0 Å². The maximum atomic E-state index is 12.1. The van der Waals surface area contributed by atoms with E-state index in [1.54, 1.807) is 0 Å². The molecule has 2 saturated heterocycles. The fourth-order valence-electron chi connectivity index (χ4n) is 3.29. The first-order valence-electron chi connectivity index (χ1n) is 7.46. The fraction of sp³-hybridized carbons (Fsp3) is 0.929. The summed E-state index contributed by atoms with van der Waals surface area (Å²) in [5, 5.41) is 3.42. The SMILES string of the molecule is O=C(CCOCC(F)F)N1CCCC2(CCCNC2)C1. The molecule has 1 spiro atoms. The molecule has 0 aromatic rings. The highest BCUT2D eigenvalue weighted by Crippen LogP contribution is 2.35. The van der Waals surface area contributed by atoms with Gasteiger partial charge in [-0.1, -0.05) is 0 Å². The van der Waals surface area contributed by atoms with E-state index in [2.05, 4.69) is 5.32 Å². The van der Waals surface area contributed by atoms with Gasteiger partial charge in [0.15, 0.2) is 0 Å². The van der Waals surface area contributed by atoms with Crippen molar-refractivity contribution in [1.82, 2.24) is 10.2 Å². The molecule has 1 N–H and O–H groups in total. The molecule has 2 fully saturated rings. The van der Waals surface area contributed by atoms with Gasteiger partial charge in [-0.3, -0.25) is 4.79 Å². The van der Waals surface area contributed by atoms with Gasteiger partial charge < -0.3 is 15.0 Å². The van der Waals surface area contributed by atoms with Crippen LogP contribution in [0, 0.1) is 5.41 Å². The molecule has 0 aromatic carbocycles. The highest BCUT2D eigenvalue weighted by atomic mass is 19.3. The van der Waals surface area contributed by atoms with Gasteiger partial charge >= 0.3 is 0 Å². The van der Waals surface area contributed by atoms with Crippen LogP contribution in [0.25, 0.3) is 0 Å². The molecule has 2 aliphatic rings. The van der Waals surface area contributed by atoms with Crippen LogP contribution in [0.1, 0.15) is 32.1 Å². The average molecular weight is 290 g/mol. The highest BCUT2D eigenvalue weighted by Gasteiger charge is 2.37. The largest absolute Gasteiger partial charge is 0.375 e. The van der Waals surface area contributed by atoms with Crippen LogP contribution in [-0.2, 0) is 9.53 Å². The van der Waals surface area contributed by atoms with Crippen molar-refractivity contribution in [1.29, 1.82) is 0 Å². The van der Waals surface area contributed by atoms with Crippen molar-refractivity contribution in [2.75, 3.05) is 39.4 Å². The van der Waals surface area contributed by atoms with E-state index in [-0.39, 0.29) is 24.3 Å². The van der Waals surface area contributed by atoms with Gasteiger partial charge in [0.2, 0.25) is 5.91 Å². The number of hydrogen-bond donors (Lipinski definition) is 1. The summed E-state index contributed by atoms with van der Waals surface area (Å²) >= 11 is 0. The highest BCUT2D eigenvalue weighted by molar-refractivity contribution is 5.76. The molecule has 1 unspecified atom stereocenters. The number of halogens is 2. The van der Waals surface area contributed by atoms with Crippen LogP contribution in [0.3, 0.4) is 0 Å². The minimum Gasteiger partial charge on any atom is -0.375 e. The lowest BCUT2D eigenvalue weighted by Gasteiger charge is -2.45. The summed E-state index contributed by atoms with van der Waals surface area (Å²) in [6.07, 6.45) is 2.29. The molecule has 2 rings (SSSR count). The minimum atomic E-state index is -2.46. The molecule has 20 heavy (non-hydrogen) atoms. The smallest absolute Gasteiger partial charge is 0.261 e. The van der Waals surface area contributed by atoms with E-state index >= 15 is 0 Å². The van der Waals surface area contributed by atoms with Crippen LogP contribution in [-0.4, -0.2) is 56.6 Å². The zero-order valence-corrected chi connectivity index (χ0v) is 11.9. The van der Waals surface area contributed by atoms with E-state index in [0.717, 1.165) is 32.6 Å². The third-order valence-electron chi connectivity index (χ3n) is 4.28. The number of carbonyl (C=O) groups excluding carboxylic acids is 1. The van der Waals surface area contributed by atoms with Crippen molar-refractivity contribution in [2.24, 2.45) is 5.41 Å². The zero-order valence-electron chi connectivity index (χ0n) is 11.9. The molecule has 0 aromatic heterocycles. The van der Waals surface area contributed by atoms with E-state index < -0.39 is 13.0 Å². The number of piperidine rings is 2. The van der Waals surface area contributed by atoms with Crippen LogP contribution in [0.15, 0.2) is 0 Å². The van der Waals surface area contributed by atoms with Gasteiger partial charge in [-0.2, -0.15) is 0 Å². The van der Waals surface area contributed by atoms with Crippen molar-refractivity contribution in [2.45, 2.75) is 38.5 Å². The molecule has 1 amide bonds. The van der Waals surface area contributed by atoms with Gasteiger partial charge in [0.1, 0.15) is 6.61 Å². The monoisotopic (exact) mass is 290 g/mol. The quantitative estimate of drug-likeness (QED) is 0.783. The molecule has 4 nitrogen and oxygen atoms in total. The Labute approximate surface area is 118 Å². The summed E-state index contributed by atoms with van der Waals surface area (Å²) < 4.78 is 28.6. The second kappa shape index (κ2) is 7.31. The minimum absolute atomic E-state index is 0.0314. The fourth-order valence-corrected chi connectivity index (χ4v) is 3.29. The van der Waals surface area contributed by atoms with Gasteiger partial charge in [-0.15, -0.1) is 0 Å². The lowest BCUT2D eigenvalue weighted by Crippen LogP contribution is -2.52. The predicted molar refractivity (Wildman–Crippen MR) is 71.8 cm³/mol. The number of alkyl halides is 2. The van der Waals surface area contributed by atoms with Crippen LogP contribution in [0.2, 0.25) is 0 Å². The molecule has 6 heteroatoms. The number of nitrogens with one attached hydrogen (secondary N) is 1. The lowest BCUT2D eigenvalue weighted by molar-refractivity contribution is -0.136. The van der Waals surface area contributed by atoms with E-state index in [0.29, 0.717) is 0 Å². The number of rotatable bonds is 5. The van der Waals surface area contributed by atoms with Gasteiger partial charge in [0.25, 0.3) is 6.43 Å². The number of carbonyl (C=O) groups is 1. The lowest BCUT2D eigenvalue weighted by atomic mass is 9.74. The molecule has 116 valence electrons. The molecule has 2 aliphatic heterocycles. The molecule has 0 radical (unpaired) electrons. The Morgan fingerprint density at radius 3 is 2.85 bits per heavy atom. The van der Waals surface area contributed by atoms with Crippen LogP contribution >= 0.6 is 0 Å². The first-order valence-corrected chi connectivity index (χ1v) is 7.46. The summed E-state index contributed by atoms with van der Waals surface area (Å²) in [4.78, 5) is 14.0. The van der Waals surface area contributed by atoms with Crippen LogP contribution < -0.4 is 5.32 Å². The number of nitrogens with zero attached hydrogens (tertiary/aromatic N) is 1. The van der Waals surface area contributed by atoms with Gasteiger partial charge in [0.05, 0.1) is 13.0 Å². The summed E-state index contributed by atoms with van der Waals surface area (Å²) in [5.74, 6) is 0.0314. The molecular formula is C14H24F2N2O2. The van der Waals surface area contributed by atoms with Crippen LogP contribution in [0.4, 0.5) is 8.78 Å². The van der Waals surface area contributed by atoms with Crippen molar-refractivity contribution in [3.63, 3.8) is 0 Å². The predicted octanol–water partition coefficient (Wildman–Crippen LogP) is 1.65. The van der Waals surface area contributed by atoms with Crippen LogP contribution in [0.5, 0.6) is 0 Å². The second-order valence-corrected chi connectivity index (χ2v) is 5.92. The molecule has 1 atom stereocenters. The van der Waals surface area contributed by atoms with E-state index in [1.165, 1.54) is 19.3 Å². The maximum Gasteiger partial charge on any atom is 0.261 e. The first kappa shape index (κ1) is 15.6. The van der Waals surface area contributed by atoms with E-state index in [9.17, 15) is 13.6 Å². The van der Waals surface area contributed by atoms with Crippen molar-refractivity contribution >= 4 is 5.91 Å². The second-order valence-electron chi connectivity index (χ2n) is 5.92. The molecule has 0 bridgehead atoms. The number of ether oxygens (including phenoxy) is 1. The third-order valence-corrected chi connectivity index (χ3v) is 4.28. The van der Waals surface area contributed by atoms with Crippen molar-refractivity contribution < 1.29 is 18.3 Å². The molecular weight excluding hydrogens is 266 g/mol. The standard InChI is InChI=1S/C14H24F2N2O2/c15-12(16)9-20-8-3-13(19)18-7-2-5-14(11-18)4-1-6-17-10-14/h12,17H,1-11H2. The number of hydrogen-bond acceptors (Lipinski definition) is 3. The Kier molecular flexibility index (Phi) is 5.72. The Morgan fingerprint density at radius 1 is 1.35 bits per heavy atom. The summed E-state index contributed by atoms with van der Waals surface area (Å²) in [7, 11) is 0. The Balaban J connectivity index is 1.75. The first-order chi connectivity index (χ1) is 9.61. The summed E-state index contributed by atoms with van der Waals surface area (Å²) in [6, 6.07) is 0. The van der Waals surface area contributed by atoms with E-state index in [4.69, 9.17) is 4.74 Å². The maximum absolute atomic E-state index is 12.1. The summed E-state index contributed by atoms with van der Waals surface area (Å²) in [5.41, 5.74) is 0.232. The van der Waals surface area contributed by atoms with E-state index in [1.807, 2.05) is 4.90 Å². The van der Waals surface area contributed by atoms with Crippen molar-refractivity contribution in [3.05, 3.63) is 0 Å². The zero-order chi connectivity index (χ0) is 14.4. The number of likely N-dealkylation sites (tertiary alicyclic amines) is 1. The van der Waals surface area contributed by atoms with Gasteiger partial charge in [0, 0.05) is 25.0 Å². The Morgan fingerprint density at radius 2 is 2.15 bits per heavy atom. The normalized spacial score (nSPS) is 27.2. The van der Waals surface area contributed by atoms with Gasteiger partial charge in [-0.25, -0.2) is 8.78 Å².